The summed E-state index contributed by atoms with van der Waals surface area (Å²) in [7, 11) is 0. The van der Waals surface area contributed by atoms with Gasteiger partial charge in [0, 0.05) is 0 Å². The molecule has 280 valence electrons. The average Bonchev–Trinajstić information content (AvgIpc) is 3.96. The minimum absolute atomic E-state index is 0. The van der Waals surface area contributed by atoms with Crippen LogP contribution in [0.3, 0.4) is 0 Å². The summed E-state index contributed by atoms with van der Waals surface area (Å²) < 4.78 is 13.7. The number of furan rings is 2. The van der Waals surface area contributed by atoms with E-state index in [4.69, 9.17) is 8.83 Å². The molecule has 0 amide bonds. The van der Waals surface area contributed by atoms with E-state index in [0.717, 1.165) is 35.9 Å². The van der Waals surface area contributed by atoms with E-state index in [-0.39, 0.29) is 44.1 Å². The largest absolute Gasteiger partial charge is 1.00 e. The van der Waals surface area contributed by atoms with Crippen molar-refractivity contribution in [2.75, 3.05) is 0 Å². The normalized spacial score (nSPS) is 16.0. The van der Waals surface area contributed by atoms with Crippen LogP contribution in [0.25, 0.3) is 45.6 Å². The zero-order valence-electron chi connectivity index (χ0n) is 33.2. The monoisotopic (exact) mass is 800 g/mol. The first-order valence-corrected chi connectivity index (χ1v) is 21.1. The molecule has 2 aromatic heterocycles. The summed E-state index contributed by atoms with van der Waals surface area (Å²) in [6.45, 7) is 18.0. The Labute approximate surface area is 349 Å². The third-order valence-electron chi connectivity index (χ3n) is 11.2. The van der Waals surface area contributed by atoms with Gasteiger partial charge in [-0.25, -0.2) is 0 Å². The maximum Gasteiger partial charge on any atom is -1.00 e. The predicted molar refractivity (Wildman–Crippen MR) is 219 cm³/mol. The molecule has 0 radical (unpaired) electrons. The molecule has 4 aromatic carbocycles. The molecule has 0 saturated heterocycles. The fourth-order valence-electron chi connectivity index (χ4n) is 8.01. The molecule has 2 heterocycles. The van der Waals surface area contributed by atoms with Crippen molar-refractivity contribution in [1.29, 1.82) is 0 Å². The van der Waals surface area contributed by atoms with Crippen LogP contribution in [-0.4, -0.2) is 0 Å². The van der Waals surface area contributed by atoms with Gasteiger partial charge in [0.15, 0.2) is 0 Å². The van der Waals surface area contributed by atoms with Crippen LogP contribution in [0, 0.1) is 0 Å². The summed E-state index contributed by atoms with van der Waals surface area (Å²) in [6, 6.07) is 41.0. The van der Waals surface area contributed by atoms with E-state index in [9.17, 15) is 0 Å². The van der Waals surface area contributed by atoms with Gasteiger partial charge in [0.1, 0.15) is 0 Å². The SMILES string of the molecule is CCc1ccc(C2=Cc3c(-c4ccc(C(C)(C)C)cc4)cccc3[CH]2[Ti+2][CH]2C(c3ccc(CC)o3)=Cc3c(-c4ccc(C(C)(C)C)cc4)cccc32)o1.[Cl-].[Cl-]. The quantitative estimate of drug-likeness (QED) is 0.147. The molecule has 0 bridgehead atoms. The molecule has 2 aliphatic carbocycles. The number of fused-ring (bicyclic) bond motifs is 2. The zero-order valence-corrected chi connectivity index (χ0v) is 36.3. The van der Waals surface area contributed by atoms with E-state index in [1.807, 2.05) is 0 Å². The van der Waals surface area contributed by atoms with Crippen molar-refractivity contribution in [2.24, 2.45) is 0 Å². The Kier molecular flexibility index (Phi) is 11.9. The first-order chi connectivity index (χ1) is 25.4. The molecule has 0 N–H and O–H groups in total. The van der Waals surface area contributed by atoms with Gasteiger partial charge in [-0.05, 0) is 0 Å². The van der Waals surface area contributed by atoms with Crippen molar-refractivity contribution in [1.82, 2.24) is 0 Å². The fourth-order valence-corrected chi connectivity index (χ4v) is 11.1. The molecule has 5 heteroatoms. The maximum absolute atomic E-state index is 6.57. The predicted octanol–water partition coefficient (Wildman–Crippen LogP) is 7.91. The van der Waals surface area contributed by atoms with Crippen LogP contribution in [0.2, 0.25) is 0 Å². The topological polar surface area (TPSA) is 26.3 Å². The van der Waals surface area contributed by atoms with Crippen molar-refractivity contribution in [3.63, 3.8) is 0 Å². The van der Waals surface area contributed by atoms with Crippen LogP contribution in [0.1, 0.15) is 120 Å². The van der Waals surface area contributed by atoms with E-state index in [1.165, 1.54) is 66.8 Å². The molecule has 2 unspecified atom stereocenters. The molecule has 55 heavy (non-hydrogen) atoms. The van der Waals surface area contributed by atoms with Crippen molar-refractivity contribution in [3.8, 4) is 22.3 Å². The molecule has 2 atom stereocenters. The Balaban J connectivity index is 0.00000257. The van der Waals surface area contributed by atoms with E-state index < -0.39 is 19.2 Å². The van der Waals surface area contributed by atoms with Gasteiger partial charge >= 0.3 is 327 Å². The van der Waals surface area contributed by atoms with Crippen LogP contribution < -0.4 is 24.8 Å². The summed E-state index contributed by atoms with van der Waals surface area (Å²) in [4.78, 5) is 0. The van der Waals surface area contributed by atoms with E-state index in [2.05, 4.69) is 177 Å². The van der Waals surface area contributed by atoms with E-state index in [1.54, 1.807) is 0 Å². The molecule has 0 saturated carbocycles. The van der Waals surface area contributed by atoms with Crippen LogP contribution in [0.15, 0.2) is 118 Å². The van der Waals surface area contributed by atoms with Crippen molar-refractivity contribution < 1.29 is 52.8 Å². The number of benzene rings is 4. The molecule has 0 spiro atoms. The second-order valence-electron chi connectivity index (χ2n) is 16.7. The Morgan fingerprint density at radius 2 is 0.873 bits per heavy atom. The van der Waals surface area contributed by atoms with Gasteiger partial charge in [-0.2, -0.15) is 0 Å². The van der Waals surface area contributed by atoms with Crippen LogP contribution in [0.4, 0.5) is 0 Å². The smallest absolute Gasteiger partial charge is 1.00 e. The number of hydrogen-bond acceptors (Lipinski definition) is 2. The third kappa shape index (κ3) is 7.82. The molecule has 8 rings (SSSR count). The minimum atomic E-state index is -0.745. The summed E-state index contributed by atoms with van der Waals surface area (Å²) in [5.41, 5.74) is 16.2. The van der Waals surface area contributed by atoms with Gasteiger partial charge in [0.05, 0.1) is 0 Å². The summed E-state index contributed by atoms with van der Waals surface area (Å²) >= 11 is -0.745. The Bertz CT molecular complexity index is 2190. The number of aryl methyl sites for hydroxylation is 2. The van der Waals surface area contributed by atoms with Crippen LogP contribution in [-0.2, 0) is 42.8 Å². The number of allylic oxidation sites excluding steroid dienone is 2. The third-order valence-corrected chi connectivity index (χ3v) is 14.2. The average molecular weight is 802 g/mol. The maximum atomic E-state index is 6.57. The zero-order chi connectivity index (χ0) is 37.1. The van der Waals surface area contributed by atoms with E-state index in [0.29, 0.717) is 0 Å². The van der Waals surface area contributed by atoms with Gasteiger partial charge < -0.3 is 24.8 Å². The van der Waals surface area contributed by atoms with Gasteiger partial charge in [-0.3, -0.25) is 0 Å². The fraction of sp³-hybridized carbons (Fsp3) is 0.280. The second-order valence-corrected chi connectivity index (χ2v) is 19.1. The number of rotatable bonds is 8. The number of halogens is 2. The second kappa shape index (κ2) is 16.0. The first kappa shape index (κ1) is 40.9. The van der Waals surface area contributed by atoms with Gasteiger partial charge in [0.2, 0.25) is 0 Å². The van der Waals surface area contributed by atoms with Crippen molar-refractivity contribution >= 4 is 23.3 Å². The summed E-state index contributed by atoms with van der Waals surface area (Å²) in [5.74, 6) is 4.07. The number of hydrogen-bond donors (Lipinski definition) is 0. The van der Waals surface area contributed by atoms with E-state index >= 15 is 0 Å². The van der Waals surface area contributed by atoms with Crippen LogP contribution in [0.5, 0.6) is 0 Å². The van der Waals surface area contributed by atoms with Crippen LogP contribution >= 0.6 is 0 Å². The van der Waals surface area contributed by atoms with Gasteiger partial charge in [-0.1, -0.05) is 0 Å². The standard InChI is InChI=1S/2C25H25O.2ClH.Ti/c2*1-5-21-13-14-24(26-21)19-15-18-7-6-8-22(23(18)16-19)17-9-11-20(12-10-17)25(2,3)4;;;/h2*6-16H,5H2,1-4H3;2*1H;/q;;;;+2/p-2. The minimum Gasteiger partial charge on any atom is -1.00 e. The Morgan fingerprint density at radius 1 is 0.491 bits per heavy atom. The first-order valence-electron chi connectivity index (χ1n) is 19.3. The molecule has 6 aromatic rings. The molecule has 0 aliphatic heterocycles. The molecule has 2 nitrogen and oxygen atoms in total. The van der Waals surface area contributed by atoms with Crippen molar-refractivity contribution in [3.05, 3.63) is 166 Å². The summed E-state index contributed by atoms with van der Waals surface area (Å²) in [6.07, 6.45) is 6.66. The molecule has 0 fully saturated rings. The summed E-state index contributed by atoms with van der Waals surface area (Å²) in [5, 5.41) is 0. The molecule has 2 aliphatic rings. The Hall–Kier alpha value is -3.79. The molecular weight excluding hydrogens is 751 g/mol. The Morgan fingerprint density at radius 3 is 1.20 bits per heavy atom. The van der Waals surface area contributed by atoms with Gasteiger partial charge in [-0.15, -0.1) is 0 Å². The van der Waals surface area contributed by atoms with Gasteiger partial charge in [0.25, 0.3) is 0 Å². The van der Waals surface area contributed by atoms with Crippen molar-refractivity contribution in [2.45, 2.75) is 87.5 Å². The molecular formula is C50H50Cl2O2Ti.